The Labute approximate surface area is 155 Å². The van der Waals surface area contributed by atoms with Gasteiger partial charge in [-0.05, 0) is 30.2 Å². The van der Waals surface area contributed by atoms with Gasteiger partial charge in [0.05, 0.1) is 5.75 Å². The molecule has 6 nitrogen and oxygen atoms in total. The van der Waals surface area contributed by atoms with Gasteiger partial charge in [0.2, 0.25) is 15.9 Å². The van der Waals surface area contributed by atoms with E-state index in [1.54, 1.807) is 0 Å². The van der Waals surface area contributed by atoms with Crippen molar-refractivity contribution in [3.63, 3.8) is 0 Å². The second-order valence-electron chi connectivity index (χ2n) is 6.63. The smallest absolute Gasteiger partial charge is 0.220 e. The van der Waals surface area contributed by atoms with Crippen molar-refractivity contribution in [2.75, 3.05) is 43.4 Å². The number of nitrogens with one attached hydrogen (secondary N) is 1. The SMILES string of the molecule is CC(C)CC(=O)NCCS(=O)(=O)N1CCN(c2ccc(Cl)cc2)CC1. The van der Waals surface area contributed by atoms with E-state index in [0.29, 0.717) is 37.6 Å². The molecule has 1 heterocycles. The lowest BCUT2D eigenvalue weighted by Crippen LogP contribution is -2.50. The number of hydrogen-bond donors (Lipinski definition) is 1. The van der Waals surface area contributed by atoms with Crippen LogP contribution in [-0.2, 0) is 14.8 Å². The Morgan fingerprint density at radius 2 is 1.76 bits per heavy atom. The molecule has 1 aromatic carbocycles. The molecule has 0 spiro atoms. The van der Waals surface area contributed by atoms with Crippen molar-refractivity contribution >= 4 is 33.2 Å². The highest BCUT2D eigenvalue weighted by atomic mass is 35.5. The first-order valence-corrected chi connectivity index (χ1v) is 10.5. The zero-order valence-electron chi connectivity index (χ0n) is 14.7. The van der Waals surface area contributed by atoms with Gasteiger partial charge < -0.3 is 10.2 Å². The zero-order valence-corrected chi connectivity index (χ0v) is 16.3. The van der Waals surface area contributed by atoms with Crippen molar-refractivity contribution in [1.29, 1.82) is 0 Å². The number of sulfonamides is 1. The number of halogens is 1. The summed E-state index contributed by atoms with van der Waals surface area (Å²) in [6.45, 7) is 6.25. The third-order valence-electron chi connectivity index (χ3n) is 4.10. The van der Waals surface area contributed by atoms with Crippen LogP contribution in [-0.4, -0.2) is 57.1 Å². The normalized spacial score (nSPS) is 16.2. The van der Waals surface area contributed by atoms with E-state index in [1.807, 2.05) is 38.1 Å². The van der Waals surface area contributed by atoms with Crippen LogP contribution in [0.15, 0.2) is 24.3 Å². The molecule has 140 valence electrons. The van der Waals surface area contributed by atoms with Gasteiger partial charge in [0.1, 0.15) is 0 Å². The molecule has 25 heavy (non-hydrogen) atoms. The molecule has 1 aromatic rings. The molecule has 8 heteroatoms. The number of rotatable bonds is 7. The molecular weight excluding hydrogens is 362 g/mol. The lowest BCUT2D eigenvalue weighted by molar-refractivity contribution is -0.121. The van der Waals surface area contributed by atoms with Crippen molar-refractivity contribution < 1.29 is 13.2 Å². The van der Waals surface area contributed by atoms with Gasteiger partial charge in [0.25, 0.3) is 0 Å². The first-order chi connectivity index (χ1) is 11.8. The fourth-order valence-electron chi connectivity index (χ4n) is 2.77. The number of nitrogens with zero attached hydrogens (tertiary/aromatic N) is 2. The predicted molar refractivity (Wildman–Crippen MR) is 101 cm³/mol. The van der Waals surface area contributed by atoms with Gasteiger partial charge in [0, 0.05) is 49.9 Å². The van der Waals surface area contributed by atoms with Gasteiger partial charge in [0.15, 0.2) is 0 Å². The summed E-state index contributed by atoms with van der Waals surface area (Å²) in [6, 6.07) is 7.55. The Hall–Kier alpha value is -1.31. The molecule has 0 aliphatic carbocycles. The van der Waals surface area contributed by atoms with E-state index in [-0.39, 0.29) is 24.1 Å². The van der Waals surface area contributed by atoms with E-state index in [1.165, 1.54) is 4.31 Å². The van der Waals surface area contributed by atoms with Crippen LogP contribution in [0.4, 0.5) is 5.69 Å². The minimum Gasteiger partial charge on any atom is -0.369 e. The van der Waals surface area contributed by atoms with Crippen LogP contribution < -0.4 is 10.2 Å². The lowest BCUT2D eigenvalue weighted by atomic mass is 10.1. The van der Waals surface area contributed by atoms with Crippen LogP contribution in [0.25, 0.3) is 0 Å². The number of amides is 1. The molecule has 1 saturated heterocycles. The minimum atomic E-state index is -3.35. The first-order valence-electron chi connectivity index (χ1n) is 8.53. The highest BCUT2D eigenvalue weighted by molar-refractivity contribution is 7.89. The molecule has 1 N–H and O–H groups in total. The number of hydrogen-bond acceptors (Lipinski definition) is 4. The Morgan fingerprint density at radius 1 is 1.16 bits per heavy atom. The van der Waals surface area contributed by atoms with Crippen LogP contribution in [0.3, 0.4) is 0 Å². The maximum Gasteiger partial charge on any atom is 0.220 e. The average molecular weight is 388 g/mol. The van der Waals surface area contributed by atoms with E-state index in [0.717, 1.165) is 5.69 Å². The second kappa shape index (κ2) is 8.87. The van der Waals surface area contributed by atoms with Crippen LogP contribution in [0.2, 0.25) is 5.02 Å². The van der Waals surface area contributed by atoms with Gasteiger partial charge in [-0.15, -0.1) is 0 Å². The summed E-state index contributed by atoms with van der Waals surface area (Å²) in [5, 5.41) is 3.37. The standard InChI is InChI=1S/C17H26ClN3O3S/c1-14(2)13-17(22)19-7-12-25(23,24)21-10-8-20(9-11-21)16-5-3-15(18)4-6-16/h3-6,14H,7-13H2,1-2H3,(H,19,22). The highest BCUT2D eigenvalue weighted by Crippen LogP contribution is 2.20. The van der Waals surface area contributed by atoms with Gasteiger partial charge >= 0.3 is 0 Å². The second-order valence-corrected chi connectivity index (χ2v) is 9.15. The molecule has 1 fully saturated rings. The number of anilines is 1. The largest absolute Gasteiger partial charge is 0.369 e. The zero-order chi connectivity index (χ0) is 18.4. The van der Waals surface area contributed by atoms with Crippen LogP contribution in [0.1, 0.15) is 20.3 Å². The molecule has 2 rings (SSSR count). The topological polar surface area (TPSA) is 69.7 Å². The van der Waals surface area contributed by atoms with Crippen LogP contribution in [0.5, 0.6) is 0 Å². The summed E-state index contributed by atoms with van der Waals surface area (Å²) < 4.78 is 26.3. The van der Waals surface area contributed by atoms with Crippen LogP contribution in [0, 0.1) is 5.92 Å². The molecule has 1 aliphatic rings. The van der Waals surface area contributed by atoms with E-state index in [4.69, 9.17) is 11.6 Å². The van der Waals surface area contributed by atoms with Gasteiger partial charge in [-0.25, -0.2) is 8.42 Å². The fraction of sp³-hybridized carbons (Fsp3) is 0.588. The lowest BCUT2D eigenvalue weighted by Gasteiger charge is -2.35. The molecule has 1 aliphatic heterocycles. The summed E-state index contributed by atoms with van der Waals surface area (Å²) in [7, 11) is -3.35. The third kappa shape index (κ3) is 6.17. The molecular formula is C17H26ClN3O3S. The first kappa shape index (κ1) is 20.0. The summed E-state index contributed by atoms with van der Waals surface area (Å²) >= 11 is 5.90. The van der Waals surface area contributed by atoms with Crippen molar-refractivity contribution in [2.24, 2.45) is 5.92 Å². The Morgan fingerprint density at radius 3 is 2.32 bits per heavy atom. The van der Waals surface area contributed by atoms with Gasteiger partial charge in [-0.3, -0.25) is 4.79 Å². The monoisotopic (exact) mass is 387 g/mol. The Bertz CT molecular complexity index is 669. The number of piperazine rings is 1. The van der Waals surface area contributed by atoms with E-state index in [2.05, 4.69) is 10.2 Å². The van der Waals surface area contributed by atoms with E-state index in [9.17, 15) is 13.2 Å². The van der Waals surface area contributed by atoms with Crippen molar-refractivity contribution in [2.45, 2.75) is 20.3 Å². The quantitative estimate of drug-likeness (QED) is 0.776. The number of carbonyl (C=O) groups is 1. The molecule has 0 unspecified atom stereocenters. The average Bonchev–Trinajstić information content (AvgIpc) is 2.55. The van der Waals surface area contributed by atoms with E-state index < -0.39 is 10.0 Å². The Balaban J connectivity index is 1.80. The van der Waals surface area contributed by atoms with Crippen molar-refractivity contribution in [1.82, 2.24) is 9.62 Å². The van der Waals surface area contributed by atoms with Crippen molar-refractivity contribution in [3.8, 4) is 0 Å². The van der Waals surface area contributed by atoms with Crippen LogP contribution >= 0.6 is 11.6 Å². The third-order valence-corrected chi connectivity index (χ3v) is 6.22. The molecule has 1 amide bonds. The summed E-state index contributed by atoms with van der Waals surface area (Å²) in [4.78, 5) is 13.7. The van der Waals surface area contributed by atoms with Gasteiger partial charge in [-0.2, -0.15) is 4.31 Å². The predicted octanol–water partition coefficient (Wildman–Crippen LogP) is 1.95. The number of benzene rings is 1. The maximum absolute atomic E-state index is 12.4. The maximum atomic E-state index is 12.4. The molecule has 0 aromatic heterocycles. The highest BCUT2D eigenvalue weighted by Gasteiger charge is 2.26. The Kier molecular flexibility index (Phi) is 7.10. The molecule has 0 saturated carbocycles. The minimum absolute atomic E-state index is 0.0578. The number of carbonyl (C=O) groups excluding carboxylic acids is 1. The summed E-state index contributed by atoms with van der Waals surface area (Å²) in [6.07, 6.45) is 0.416. The van der Waals surface area contributed by atoms with Crippen molar-refractivity contribution in [3.05, 3.63) is 29.3 Å². The van der Waals surface area contributed by atoms with E-state index >= 15 is 0 Å². The van der Waals surface area contributed by atoms with Gasteiger partial charge in [-0.1, -0.05) is 25.4 Å². The fourth-order valence-corrected chi connectivity index (χ4v) is 4.23. The molecule has 0 bridgehead atoms. The molecule has 0 radical (unpaired) electrons. The molecule has 0 atom stereocenters. The summed E-state index contributed by atoms with van der Waals surface area (Å²) in [5.74, 6) is 0.105. The summed E-state index contributed by atoms with van der Waals surface area (Å²) in [5.41, 5.74) is 1.04.